The van der Waals surface area contributed by atoms with Gasteiger partial charge in [-0.1, -0.05) is 66.7 Å². The minimum atomic E-state index is -0.857. The van der Waals surface area contributed by atoms with Crippen molar-refractivity contribution in [1.29, 1.82) is 0 Å². The second kappa shape index (κ2) is 9.95. The number of aliphatic hydroxyl groups excluding tert-OH is 1. The van der Waals surface area contributed by atoms with Gasteiger partial charge in [-0.05, 0) is 41.3 Å². The number of ketones is 1. The number of carbonyl (C=O) groups is 2. The maximum atomic E-state index is 13.2. The molecule has 4 rings (SSSR count). The lowest BCUT2D eigenvalue weighted by Crippen LogP contribution is -2.33. The van der Waals surface area contributed by atoms with Gasteiger partial charge in [-0.2, -0.15) is 0 Å². The highest BCUT2D eigenvalue weighted by molar-refractivity contribution is 6.14. The molecule has 0 aliphatic carbocycles. The SMILES string of the molecule is O=C(C=Cc1ccccc1)C1=C(O)C(=O)N(CCc2ccccc2)C1c1ccc([N+](=O)[O-])cc1. The highest BCUT2D eigenvalue weighted by Gasteiger charge is 2.42. The fourth-order valence-electron chi connectivity index (χ4n) is 3.98. The standard InChI is InChI=1S/C27H22N2O5/c30-23(16-11-19-7-3-1-4-8-19)24-25(21-12-14-22(15-13-21)29(33)34)28(27(32)26(24)31)18-17-20-9-5-2-6-10-20/h1-16,25,31H,17-18H2. The average molecular weight is 454 g/mol. The monoisotopic (exact) mass is 454 g/mol. The fraction of sp³-hybridized carbons (Fsp3) is 0.111. The van der Waals surface area contributed by atoms with Crippen molar-refractivity contribution in [3.63, 3.8) is 0 Å². The first-order chi connectivity index (χ1) is 16.5. The van der Waals surface area contributed by atoms with Crippen molar-refractivity contribution >= 4 is 23.5 Å². The van der Waals surface area contributed by atoms with Crippen molar-refractivity contribution in [2.45, 2.75) is 12.5 Å². The molecule has 0 saturated carbocycles. The summed E-state index contributed by atoms with van der Waals surface area (Å²) in [5.41, 5.74) is 2.16. The Kier molecular flexibility index (Phi) is 6.64. The van der Waals surface area contributed by atoms with Crippen molar-refractivity contribution in [3.8, 4) is 0 Å². The summed E-state index contributed by atoms with van der Waals surface area (Å²) in [6, 6.07) is 23.6. The third-order valence-electron chi connectivity index (χ3n) is 5.70. The smallest absolute Gasteiger partial charge is 0.290 e. The fourth-order valence-corrected chi connectivity index (χ4v) is 3.98. The van der Waals surface area contributed by atoms with E-state index >= 15 is 0 Å². The molecular formula is C27H22N2O5. The van der Waals surface area contributed by atoms with Gasteiger partial charge in [-0.3, -0.25) is 19.7 Å². The van der Waals surface area contributed by atoms with E-state index in [1.54, 1.807) is 6.08 Å². The lowest BCUT2D eigenvalue weighted by molar-refractivity contribution is -0.384. The number of hydrogen-bond acceptors (Lipinski definition) is 5. The Morgan fingerprint density at radius 3 is 2.21 bits per heavy atom. The van der Waals surface area contributed by atoms with Gasteiger partial charge >= 0.3 is 0 Å². The van der Waals surface area contributed by atoms with Crippen LogP contribution in [-0.2, 0) is 16.0 Å². The summed E-state index contributed by atoms with van der Waals surface area (Å²) in [6.45, 7) is 0.258. The van der Waals surface area contributed by atoms with Crippen LogP contribution in [0.2, 0.25) is 0 Å². The molecule has 0 saturated heterocycles. The summed E-state index contributed by atoms with van der Waals surface area (Å²) in [5.74, 6) is -1.74. The number of aliphatic hydroxyl groups is 1. The highest BCUT2D eigenvalue weighted by Crippen LogP contribution is 2.38. The number of benzene rings is 3. The summed E-state index contributed by atoms with van der Waals surface area (Å²) in [6.07, 6.45) is 3.46. The molecule has 1 unspecified atom stereocenters. The van der Waals surface area contributed by atoms with Crippen molar-refractivity contribution < 1.29 is 19.6 Å². The maximum Gasteiger partial charge on any atom is 0.290 e. The lowest BCUT2D eigenvalue weighted by atomic mass is 9.95. The van der Waals surface area contributed by atoms with Gasteiger partial charge in [0.25, 0.3) is 11.6 Å². The summed E-state index contributed by atoms with van der Waals surface area (Å²) in [7, 11) is 0. The van der Waals surface area contributed by atoms with Crippen LogP contribution in [0.4, 0.5) is 5.69 Å². The van der Waals surface area contributed by atoms with E-state index in [1.165, 1.54) is 35.2 Å². The molecule has 0 aromatic heterocycles. The topological polar surface area (TPSA) is 101 Å². The van der Waals surface area contributed by atoms with E-state index in [9.17, 15) is 24.8 Å². The van der Waals surface area contributed by atoms with E-state index in [2.05, 4.69) is 0 Å². The summed E-state index contributed by atoms with van der Waals surface area (Å²) < 4.78 is 0. The number of carbonyl (C=O) groups excluding carboxylic acids is 2. The molecule has 34 heavy (non-hydrogen) atoms. The molecule has 1 aliphatic rings. The van der Waals surface area contributed by atoms with Crippen molar-refractivity contribution in [1.82, 2.24) is 4.90 Å². The van der Waals surface area contributed by atoms with Crippen LogP contribution in [0.15, 0.2) is 102 Å². The third-order valence-corrected chi connectivity index (χ3v) is 5.70. The molecule has 0 spiro atoms. The second-order valence-electron chi connectivity index (χ2n) is 7.86. The first-order valence-electron chi connectivity index (χ1n) is 10.8. The van der Waals surface area contributed by atoms with Gasteiger partial charge in [0.1, 0.15) is 0 Å². The van der Waals surface area contributed by atoms with Gasteiger partial charge in [0.15, 0.2) is 11.5 Å². The molecular weight excluding hydrogens is 432 g/mol. The summed E-state index contributed by atoms with van der Waals surface area (Å²) in [5, 5.41) is 21.8. The second-order valence-corrected chi connectivity index (χ2v) is 7.86. The summed E-state index contributed by atoms with van der Waals surface area (Å²) in [4.78, 5) is 38.2. The zero-order valence-corrected chi connectivity index (χ0v) is 18.2. The van der Waals surface area contributed by atoms with E-state index in [4.69, 9.17) is 0 Å². The lowest BCUT2D eigenvalue weighted by Gasteiger charge is -2.26. The quantitative estimate of drug-likeness (QED) is 0.299. The number of rotatable bonds is 8. The molecule has 1 heterocycles. The number of allylic oxidation sites excluding steroid dienone is 1. The Bertz CT molecular complexity index is 1270. The van der Waals surface area contributed by atoms with Crippen LogP contribution in [0.5, 0.6) is 0 Å². The number of amides is 1. The predicted octanol–water partition coefficient (Wildman–Crippen LogP) is 4.82. The van der Waals surface area contributed by atoms with Gasteiger partial charge in [0.2, 0.25) is 0 Å². The van der Waals surface area contributed by atoms with Gasteiger partial charge in [0, 0.05) is 18.7 Å². The minimum absolute atomic E-state index is 0.0425. The van der Waals surface area contributed by atoms with Crippen LogP contribution in [0.3, 0.4) is 0 Å². The van der Waals surface area contributed by atoms with Crippen molar-refractivity contribution in [2.24, 2.45) is 0 Å². The van der Waals surface area contributed by atoms with E-state index < -0.39 is 28.4 Å². The van der Waals surface area contributed by atoms with Gasteiger partial charge in [-0.25, -0.2) is 0 Å². The van der Waals surface area contributed by atoms with Crippen molar-refractivity contribution in [3.05, 3.63) is 129 Å². The Labute approximate surface area is 196 Å². The number of nitro groups is 1. The number of nitrogens with zero attached hydrogens (tertiary/aromatic N) is 2. The van der Waals surface area contributed by atoms with E-state index in [0.717, 1.165) is 11.1 Å². The van der Waals surface area contributed by atoms with Crippen LogP contribution in [0.25, 0.3) is 6.08 Å². The first-order valence-corrected chi connectivity index (χ1v) is 10.8. The molecule has 170 valence electrons. The molecule has 7 nitrogen and oxygen atoms in total. The Balaban J connectivity index is 1.68. The summed E-state index contributed by atoms with van der Waals surface area (Å²) >= 11 is 0. The van der Waals surface area contributed by atoms with E-state index in [-0.39, 0.29) is 17.8 Å². The predicted molar refractivity (Wildman–Crippen MR) is 128 cm³/mol. The van der Waals surface area contributed by atoms with E-state index in [0.29, 0.717) is 12.0 Å². The van der Waals surface area contributed by atoms with Crippen LogP contribution in [0.1, 0.15) is 22.7 Å². The Hall–Kier alpha value is -4.52. The molecule has 0 bridgehead atoms. The van der Waals surface area contributed by atoms with Crippen LogP contribution in [-0.4, -0.2) is 33.2 Å². The molecule has 1 amide bonds. The minimum Gasteiger partial charge on any atom is -0.503 e. The first kappa shape index (κ1) is 22.7. The van der Waals surface area contributed by atoms with Gasteiger partial charge in [0.05, 0.1) is 16.5 Å². The zero-order valence-electron chi connectivity index (χ0n) is 18.2. The molecule has 0 fully saturated rings. The van der Waals surface area contributed by atoms with Crippen LogP contribution >= 0.6 is 0 Å². The highest BCUT2D eigenvalue weighted by atomic mass is 16.6. The van der Waals surface area contributed by atoms with Crippen molar-refractivity contribution in [2.75, 3.05) is 6.54 Å². The van der Waals surface area contributed by atoms with Crippen LogP contribution in [0, 0.1) is 10.1 Å². The largest absolute Gasteiger partial charge is 0.503 e. The van der Waals surface area contributed by atoms with E-state index in [1.807, 2.05) is 60.7 Å². The molecule has 3 aromatic carbocycles. The Morgan fingerprint density at radius 1 is 0.971 bits per heavy atom. The maximum absolute atomic E-state index is 13.2. The molecule has 1 atom stereocenters. The molecule has 1 N–H and O–H groups in total. The van der Waals surface area contributed by atoms with Gasteiger partial charge < -0.3 is 10.0 Å². The normalized spacial score (nSPS) is 15.8. The third kappa shape index (κ3) is 4.78. The average Bonchev–Trinajstić information content (AvgIpc) is 3.12. The molecule has 3 aromatic rings. The zero-order chi connectivity index (χ0) is 24.1. The number of nitro benzene ring substituents is 1. The Morgan fingerprint density at radius 2 is 1.59 bits per heavy atom. The number of hydrogen-bond donors (Lipinski definition) is 1. The van der Waals surface area contributed by atoms with Crippen LogP contribution < -0.4 is 0 Å². The molecule has 0 radical (unpaired) electrons. The van der Waals surface area contributed by atoms with Gasteiger partial charge in [-0.15, -0.1) is 0 Å². The number of non-ortho nitro benzene ring substituents is 1. The molecule has 1 aliphatic heterocycles. The molecule has 7 heteroatoms.